The van der Waals surface area contributed by atoms with Crippen LogP contribution in [0.15, 0.2) is 36.5 Å². The molecule has 1 aliphatic rings. The summed E-state index contributed by atoms with van der Waals surface area (Å²) in [5.74, 6) is 6.71. The SMILES string of the molecule is Cc1cccnc1C(NN)c1ccc2c(c1)CCO2. The average molecular weight is 255 g/mol. The fourth-order valence-corrected chi connectivity index (χ4v) is 2.52. The molecule has 0 radical (unpaired) electrons. The molecule has 0 amide bonds. The number of benzene rings is 1. The van der Waals surface area contributed by atoms with Crippen LogP contribution in [0.1, 0.15) is 28.4 Å². The molecule has 0 aliphatic carbocycles. The highest BCUT2D eigenvalue weighted by molar-refractivity contribution is 5.43. The molecule has 98 valence electrons. The first kappa shape index (κ1) is 12.1. The van der Waals surface area contributed by atoms with Crippen LogP contribution in [0.4, 0.5) is 0 Å². The first-order chi connectivity index (χ1) is 9.29. The van der Waals surface area contributed by atoms with Gasteiger partial charge in [-0.15, -0.1) is 0 Å². The van der Waals surface area contributed by atoms with Crippen molar-refractivity contribution in [3.8, 4) is 5.75 Å². The van der Waals surface area contributed by atoms with E-state index in [1.54, 1.807) is 6.20 Å². The topological polar surface area (TPSA) is 60.2 Å². The van der Waals surface area contributed by atoms with Crippen LogP contribution < -0.4 is 16.0 Å². The van der Waals surface area contributed by atoms with Gasteiger partial charge in [-0.2, -0.15) is 0 Å². The molecule has 19 heavy (non-hydrogen) atoms. The van der Waals surface area contributed by atoms with Gasteiger partial charge in [0.2, 0.25) is 0 Å². The number of pyridine rings is 1. The van der Waals surface area contributed by atoms with Gasteiger partial charge in [0.05, 0.1) is 18.3 Å². The summed E-state index contributed by atoms with van der Waals surface area (Å²) < 4.78 is 5.53. The van der Waals surface area contributed by atoms with Crippen LogP contribution in [-0.2, 0) is 6.42 Å². The summed E-state index contributed by atoms with van der Waals surface area (Å²) in [6, 6.07) is 10.1. The Balaban J connectivity index is 2.01. The Morgan fingerprint density at radius 1 is 1.37 bits per heavy atom. The Bertz CT molecular complexity index is 598. The van der Waals surface area contributed by atoms with Gasteiger partial charge in [0, 0.05) is 12.6 Å². The quantitative estimate of drug-likeness (QED) is 0.649. The van der Waals surface area contributed by atoms with Gasteiger partial charge in [-0.25, -0.2) is 5.43 Å². The molecule has 2 aromatic rings. The maximum atomic E-state index is 5.73. The van der Waals surface area contributed by atoms with Crippen LogP contribution in [0.3, 0.4) is 0 Å². The molecular weight excluding hydrogens is 238 g/mol. The summed E-state index contributed by atoms with van der Waals surface area (Å²) in [6.45, 7) is 2.81. The smallest absolute Gasteiger partial charge is 0.122 e. The van der Waals surface area contributed by atoms with E-state index in [0.717, 1.165) is 35.6 Å². The van der Waals surface area contributed by atoms with Gasteiger partial charge in [-0.1, -0.05) is 12.1 Å². The number of rotatable bonds is 3. The zero-order chi connectivity index (χ0) is 13.2. The van der Waals surface area contributed by atoms with Crippen molar-refractivity contribution in [3.05, 3.63) is 58.9 Å². The fraction of sp³-hybridized carbons (Fsp3) is 0.267. The summed E-state index contributed by atoms with van der Waals surface area (Å²) in [6.07, 6.45) is 2.75. The zero-order valence-electron chi connectivity index (χ0n) is 10.9. The molecule has 1 unspecified atom stereocenters. The molecule has 1 aromatic carbocycles. The number of hydrogen-bond donors (Lipinski definition) is 2. The Morgan fingerprint density at radius 2 is 2.26 bits per heavy atom. The standard InChI is InChI=1S/C15H17N3O/c1-10-3-2-7-17-14(10)15(18-16)12-4-5-13-11(9-12)6-8-19-13/h2-5,7,9,15,18H,6,8,16H2,1H3. The van der Waals surface area contributed by atoms with Crippen molar-refractivity contribution in [2.75, 3.05) is 6.61 Å². The van der Waals surface area contributed by atoms with Gasteiger partial charge >= 0.3 is 0 Å². The third kappa shape index (κ3) is 2.20. The van der Waals surface area contributed by atoms with E-state index in [1.165, 1.54) is 5.56 Å². The van der Waals surface area contributed by atoms with Gasteiger partial charge in [-0.3, -0.25) is 10.8 Å². The third-order valence-corrected chi connectivity index (χ3v) is 3.54. The van der Waals surface area contributed by atoms with Crippen molar-refractivity contribution in [1.29, 1.82) is 0 Å². The maximum Gasteiger partial charge on any atom is 0.122 e. The molecule has 0 bridgehead atoms. The van der Waals surface area contributed by atoms with Crippen LogP contribution in [-0.4, -0.2) is 11.6 Å². The van der Waals surface area contributed by atoms with E-state index in [-0.39, 0.29) is 6.04 Å². The van der Waals surface area contributed by atoms with E-state index in [2.05, 4.69) is 16.5 Å². The molecule has 1 aliphatic heterocycles. The van der Waals surface area contributed by atoms with Crippen molar-refractivity contribution < 1.29 is 4.74 Å². The monoisotopic (exact) mass is 255 g/mol. The molecule has 0 saturated heterocycles. The fourth-order valence-electron chi connectivity index (χ4n) is 2.52. The minimum absolute atomic E-state index is 0.0906. The number of nitrogens with two attached hydrogens (primary N) is 1. The lowest BCUT2D eigenvalue weighted by Crippen LogP contribution is -2.30. The van der Waals surface area contributed by atoms with Gasteiger partial charge in [0.15, 0.2) is 0 Å². The Hall–Kier alpha value is -1.91. The van der Waals surface area contributed by atoms with Crippen LogP contribution in [0, 0.1) is 6.92 Å². The number of nitrogens with one attached hydrogen (secondary N) is 1. The van der Waals surface area contributed by atoms with Crippen molar-refractivity contribution in [1.82, 2.24) is 10.4 Å². The highest BCUT2D eigenvalue weighted by atomic mass is 16.5. The third-order valence-electron chi connectivity index (χ3n) is 3.54. The lowest BCUT2D eigenvalue weighted by molar-refractivity contribution is 0.357. The lowest BCUT2D eigenvalue weighted by atomic mass is 9.98. The van der Waals surface area contributed by atoms with E-state index in [1.807, 2.05) is 31.2 Å². The van der Waals surface area contributed by atoms with E-state index in [4.69, 9.17) is 10.6 Å². The first-order valence-electron chi connectivity index (χ1n) is 6.43. The normalized spacial score (nSPS) is 14.8. The molecule has 2 heterocycles. The number of fused-ring (bicyclic) bond motifs is 1. The Labute approximate surface area is 112 Å². The second kappa shape index (κ2) is 4.99. The predicted molar refractivity (Wildman–Crippen MR) is 73.8 cm³/mol. The van der Waals surface area contributed by atoms with Crippen molar-refractivity contribution in [3.63, 3.8) is 0 Å². The predicted octanol–water partition coefficient (Wildman–Crippen LogP) is 1.88. The highest BCUT2D eigenvalue weighted by Crippen LogP contribution is 2.30. The maximum absolute atomic E-state index is 5.73. The van der Waals surface area contributed by atoms with Gasteiger partial charge < -0.3 is 4.74 Å². The molecule has 3 N–H and O–H groups in total. The Kier molecular flexibility index (Phi) is 3.19. The number of aryl methyl sites for hydroxylation is 1. The van der Waals surface area contributed by atoms with Gasteiger partial charge in [0.25, 0.3) is 0 Å². The molecular formula is C15H17N3O. The summed E-state index contributed by atoms with van der Waals surface area (Å²) in [5.41, 5.74) is 7.31. The molecule has 4 heteroatoms. The van der Waals surface area contributed by atoms with E-state index >= 15 is 0 Å². The van der Waals surface area contributed by atoms with Crippen molar-refractivity contribution in [2.45, 2.75) is 19.4 Å². The number of hydrogen-bond acceptors (Lipinski definition) is 4. The van der Waals surface area contributed by atoms with Crippen LogP contribution in [0.25, 0.3) is 0 Å². The molecule has 1 atom stereocenters. The number of nitrogens with zero attached hydrogens (tertiary/aromatic N) is 1. The van der Waals surface area contributed by atoms with Crippen LogP contribution >= 0.6 is 0 Å². The largest absolute Gasteiger partial charge is 0.493 e. The average Bonchev–Trinajstić information content (AvgIpc) is 2.89. The first-order valence-corrected chi connectivity index (χ1v) is 6.43. The molecule has 0 saturated carbocycles. The summed E-state index contributed by atoms with van der Waals surface area (Å²) >= 11 is 0. The van der Waals surface area contributed by atoms with Gasteiger partial charge in [0.1, 0.15) is 5.75 Å². The lowest BCUT2D eigenvalue weighted by Gasteiger charge is -2.18. The van der Waals surface area contributed by atoms with Crippen LogP contribution in [0.2, 0.25) is 0 Å². The number of aromatic nitrogens is 1. The molecule has 4 nitrogen and oxygen atoms in total. The number of hydrazine groups is 1. The van der Waals surface area contributed by atoms with E-state index in [0.29, 0.717) is 0 Å². The van der Waals surface area contributed by atoms with Crippen molar-refractivity contribution in [2.24, 2.45) is 5.84 Å². The minimum atomic E-state index is -0.0906. The van der Waals surface area contributed by atoms with Gasteiger partial charge in [-0.05, 0) is 41.8 Å². The minimum Gasteiger partial charge on any atom is -0.493 e. The summed E-state index contributed by atoms with van der Waals surface area (Å²) in [5, 5.41) is 0. The van der Waals surface area contributed by atoms with Crippen LogP contribution in [0.5, 0.6) is 5.75 Å². The second-order valence-corrected chi connectivity index (χ2v) is 4.77. The van der Waals surface area contributed by atoms with E-state index in [9.17, 15) is 0 Å². The highest BCUT2D eigenvalue weighted by Gasteiger charge is 2.19. The second-order valence-electron chi connectivity index (χ2n) is 4.77. The number of ether oxygens (including phenoxy) is 1. The summed E-state index contributed by atoms with van der Waals surface area (Å²) in [4.78, 5) is 4.45. The molecule has 0 spiro atoms. The van der Waals surface area contributed by atoms with Crippen molar-refractivity contribution >= 4 is 0 Å². The molecule has 0 fully saturated rings. The zero-order valence-corrected chi connectivity index (χ0v) is 10.9. The molecule has 3 rings (SSSR count). The van der Waals surface area contributed by atoms with E-state index < -0.39 is 0 Å². The Morgan fingerprint density at radius 3 is 3.05 bits per heavy atom. The summed E-state index contributed by atoms with van der Waals surface area (Å²) in [7, 11) is 0. The molecule has 1 aromatic heterocycles.